The number of hydrogen-bond donors (Lipinski definition) is 1. The SMILES string of the molecule is CC/C=C\C/C=C\C/C=C\C/C=C\C/C=C\CCCCCCCC(=O)OC(/C=C\CCCCCCCCCCCC)C(COP(=O)([O-])OCC[N+](C)(C)C)NC(=O)CCCCCCCCC/C=C/C=C/C=C/CC. The van der Waals surface area contributed by atoms with Gasteiger partial charge in [-0.05, 0) is 96.0 Å². The van der Waals surface area contributed by atoms with Gasteiger partial charge in [-0.1, -0.05) is 233 Å². The maximum atomic E-state index is 13.5. The molecule has 74 heavy (non-hydrogen) atoms. The van der Waals surface area contributed by atoms with Crippen LogP contribution in [-0.4, -0.2) is 69.4 Å². The van der Waals surface area contributed by atoms with E-state index in [2.05, 4.69) is 123 Å². The van der Waals surface area contributed by atoms with Crippen LogP contribution in [-0.2, 0) is 27.9 Å². The molecule has 0 saturated carbocycles. The Balaban J connectivity index is 5.34. The van der Waals surface area contributed by atoms with Gasteiger partial charge in [0.1, 0.15) is 19.3 Å². The first-order valence-electron chi connectivity index (χ1n) is 29.7. The molecular weight excluding hydrogens is 940 g/mol. The smallest absolute Gasteiger partial charge is 0.306 e. The van der Waals surface area contributed by atoms with E-state index in [1.54, 1.807) is 0 Å². The van der Waals surface area contributed by atoms with Gasteiger partial charge >= 0.3 is 5.97 Å². The number of esters is 1. The predicted octanol–water partition coefficient (Wildman–Crippen LogP) is 17.5. The van der Waals surface area contributed by atoms with E-state index in [1.807, 2.05) is 33.3 Å². The second kappa shape index (κ2) is 53.1. The minimum atomic E-state index is -4.71. The quantitative estimate of drug-likeness (QED) is 0.0161. The summed E-state index contributed by atoms with van der Waals surface area (Å²) in [6.45, 7) is 6.56. The third kappa shape index (κ3) is 53.5. The van der Waals surface area contributed by atoms with Gasteiger partial charge in [-0.25, -0.2) is 0 Å². The number of carbonyl (C=O) groups is 2. The lowest BCUT2D eigenvalue weighted by atomic mass is 10.0. The topological polar surface area (TPSA) is 114 Å². The van der Waals surface area contributed by atoms with Gasteiger partial charge in [0.15, 0.2) is 0 Å². The Bertz CT molecular complexity index is 1640. The van der Waals surface area contributed by atoms with Gasteiger partial charge in [-0.3, -0.25) is 14.2 Å². The molecule has 424 valence electrons. The molecule has 0 aliphatic heterocycles. The Morgan fingerprint density at radius 2 is 0.932 bits per heavy atom. The second-order valence-corrected chi connectivity index (χ2v) is 22.2. The average molecular weight is 1050 g/mol. The lowest BCUT2D eigenvalue weighted by Gasteiger charge is -2.30. The number of nitrogens with zero attached hydrogens (tertiary/aromatic N) is 1. The molecule has 0 heterocycles. The highest BCUT2D eigenvalue weighted by Crippen LogP contribution is 2.38. The molecule has 0 aromatic carbocycles. The van der Waals surface area contributed by atoms with Crippen LogP contribution in [0.25, 0.3) is 0 Å². The molecule has 3 unspecified atom stereocenters. The molecule has 0 fully saturated rings. The van der Waals surface area contributed by atoms with Gasteiger partial charge in [-0.2, -0.15) is 0 Å². The molecule has 9 nitrogen and oxygen atoms in total. The highest BCUT2D eigenvalue weighted by Gasteiger charge is 2.27. The fourth-order valence-corrected chi connectivity index (χ4v) is 8.68. The maximum absolute atomic E-state index is 13.5. The molecule has 0 saturated heterocycles. The van der Waals surface area contributed by atoms with Crippen LogP contribution in [0.1, 0.15) is 233 Å². The minimum absolute atomic E-state index is 0.0340. The van der Waals surface area contributed by atoms with Crippen molar-refractivity contribution in [3.63, 3.8) is 0 Å². The first-order chi connectivity index (χ1) is 35.9. The molecule has 0 aliphatic carbocycles. The molecule has 3 atom stereocenters. The Labute approximate surface area is 455 Å². The van der Waals surface area contributed by atoms with Crippen LogP contribution in [0.15, 0.2) is 109 Å². The molecule has 0 radical (unpaired) electrons. The average Bonchev–Trinajstić information content (AvgIpc) is 3.36. The zero-order valence-electron chi connectivity index (χ0n) is 48.3. The first kappa shape index (κ1) is 70.7. The van der Waals surface area contributed by atoms with Crippen molar-refractivity contribution in [2.24, 2.45) is 0 Å². The number of rotatable bonds is 52. The number of quaternary nitrogens is 1. The predicted molar refractivity (Wildman–Crippen MR) is 316 cm³/mol. The van der Waals surface area contributed by atoms with Crippen LogP contribution in [0.2, 0.25) is 0 Å². The van der Waals surface area contributed by atoms with Gasteiger partial charge in [0, 0.05) is 12.8 Å². The van der Waals surface area contributed by atoms with Gasteiger partial charge in [-0.15, -0.1) is 0 Å². The maximum Gasteiger partial charge on any atom is 0.306 e. The van der Waals surface area contributed by atoms with E-state index in [1.165, 1.54) is 70.6 Å². The number of unbranched alkanes of at least 4 members (excludes halogenated alkanes) is 22. The van der Waals surface area contributed by atoms with E-state index < -0.39 is 26.6 Å². The number of amides is 1. The van der Waals surface area contributed by atoms with Crippen molar-refractivity contribution >= 4 is 19.7 Å². The molecule has 0 bridgehead atoms. The van der Waals surface area contributed by atoms with E-state index in [-0.39, 0.29) is 24.9 Å². The fourth-order valence-electron chi connectivity index (χ4n) is 7.96. The summed E-state index contributed by atoms with van der Waals surface area (Å²) in [7, 11) is 1.15. The Kier molecular flexibility index (Phi) is 50.7. The number of phosphoric ester groups is 1. The van der Waals surface area contributed by atoms with E-state index in [4.69, 9.17) is 13.8 Å². The van der Waals surface area contributed by atoms with Gasteiger partial charge in [0.05, 0.1) is 33.8 Å². The van der Waals surface area contributed by atoms with Crippen molar-refractivity contribution in [1.82, 2.24) is 5.32 Å². The molecule has 0 aliphatic rings. The summed E-state index contributed by atoms with van der Waals surface area (Å²) in [4.78, 5) is 39.9. The van der Waals surface area contributed by atoms with Crippen LogP contribution < -0.4 is 10.2 Å². The summed E-state index contributed by atoms with van der Waals surface area (Å²) in [5.41, 5.74) is 0. The number of likely N-dealkylation sites (N-methyl/N-ethyl adjacent to an activating group) is 1. The van der Waals surface area contributed by atoms with Crippen molar-refractivity contribution < 1.29 is 37.3 Å². The molecule has 1 N–H and O–H groups in total. The summed E-state index contributed by atoms with van der Waals surface area (Å²) in [6, 6.07) is -0.909. The number of hydrogen-bond acceptors (Lipinski definition) is 7. The Morgan fingerprint density at radius 3 is 1.45 bits per heavy atom. The molecule has 10 heteroatoms. The minimum Gasteiger partial charge on any atom is -0.756 e. The van der Waals surface area contributed by atoms with E-state index >= 15 is 0 Å². The highest BCUT2D eigenvalue weighted by molar-refractivity contribution is 7.45. The second-order valence-electron chi connectivity index (χ2n) is 20.8. The van der Waals surface area contributed by atoms with Crippen molar-refractivity contribution in [2.45, 2.75) is 245 Å². The van der Waals surface area contributed by atoms with Crippen LogP contribution in [0, 0.1) is 0 Å². The fraction of sp³-hybridized carbons (Fsp3) is 0.688. The summed E-state index contributed by atoms with van der Waals surface area (Å²) in [6.07, 6.45) is 71.9. The first-order valence-corrected chi connectivity index (χ1v) is 31.2. The standard InChI is InChI=1S/C64H111N2O7P/c1-7-10-13-16-19-22-25-28-30-31-32-33-34-35-37-39-42-45-48-51-54-57-64(68)73-62(55-52-49-46-43-40-27-24-21-18-15-12-9-3)61(60-72-74(69,70)71-59-58-66(4,5)6)65-63(67)56-53-50-47-44-41-38-36-29-26-23-20-17-14-11-8-2/h10-11,13-14,17,19-20,22-23,26,28,30,32-33,35,37,52,55,61-62H,7-9,12,15-16,18,21,24-25,27,29,31,34,36,38-51,53-54,56-60H2,1-6H3,(H-,65,67,69,70)/b13-10-,14-11+,20-17+,22-19-,26-23+,30-28-,33-32-,37-35-,55-52-. The third-order valence-electron chi connectivity index (χ3n) is 12.5. The van der Waals surface area contributed by atoms with Gasteiger partial charge in [0.25, 0.3) is 7.82 Å². The van der Waals surface area contributed by atoms with E-state index in [9.17, 15) is 19.0 Å². The Hall–Kier alpha value is -3.33. The molecule has 0 rings (SSSR count). The van der Waals surface area contributed by atoms with Crippen molar-refractivity contribution in [3.05, 3.63) is 109 Å². The Morgan fingerprint density at radius 1 is 0.500 bits per heavy atom. The number of ether oxygens (including phenoxy) is 1. The number of nitrogens with one attached hydrogen (secondary N) is 1. The molecule has 0 spiro atoms. The zero-order valence-corrected chi connectivity index (χ0v) is 49.1. The summed E-state index contributed by atoms with van der Waals surface area (Å²) in [5.74, 6) is -0.584. The van der Waals surface area contributed by atoms with Crippen LogP contribution in [0.3, 0.4) is 0 Å². The van der Waals surface area contributed by atoms with Crippen LogP contribution in [0.4, 0.5) is 0 Å². The molecule has 0 aromatic rings. The normalized spacial score (nSPS) is 14.5. The van der Waals surface area contributed by atoms with Gasteiger partial charge in [0.2, 0.25) is 5.91 Å². The van der Waals surface area contributed by atoms with Gasteiger partial charge < -0.3 is 28.5 Å². The van der Waals surface area contributed by atoms with Crippen molar-refractivity contribution in [1.29, 1.82) is 0 Å². The monoisotopic (exact) mass is 1050 g/mol. The number of allylic oxidation sites excluding steroid dienone is 17. The number of phosphoric acid groups is 1. The summed E-state index contributed by atoms with van der Waals surface area (Å²) >= 11 is 0. The lowest BCUT2D eigenvalue weighted by Crippen LogP contribution is -2.47. The van der Waals surface area contributed by atoms with E-state index in [0.29, 0.717) is 23.9 Å². The lowest BCUT2D eigenvalue weighted by molar-refractivity contribution is -0.870. The summed E-state index contributed by atoms with van der Waals surface area (Å²) in [5, 5.41) is 3.01. The molecule has 1 amide bonds. The van der Waals surface area contributed by atoms with Crippen molar-refractivity contribution in [3.8, 4) is 0 Å². The van der Waals surface area contributed by atoms with Crippen molar-refractivity contribution in [2.75, 3.05) is 40.9 Å². The summed E-state index contributed by atoms with van der Waals surface area (Å²) < 4.78 is 30.2. The molecular formula is C64H111N2O7P. The van der Waals surface area contributed by atoms with Crippen LogP contribution in [0.5, 0.6) is 0 Å². The van der Waals surface area contributed by atoms with E-state index in [0.717, 1.165) is 122 Å². The third-order valence-corrected chi connectivity index (χ3v) is 13.5. The zero-order chi connectivity index (χ0) is 54.3. The molecule has 0 aromatic heterocycles. The number of carbonyl (C=O) groups excluding carboxylic acids is 2. The van der Waals surface area contributed by atoms with Crippen LogP contribution >= 0.6 is 7.82 Å². The highest BCUT2D eigenvalue weighted by atomic mass is 31.2. The largest absolute Gasteiger partial charge is 0.756 e.